The van der Waals surface area contributed by atoms with Crippen LogP contribution in [0.25, 0.3) is 0 Å². The average molecular weight is 413 g/mol. The van der Waals surface area contributed by atoms with Crippen molar-refractivity contribution in [1.82, 2.24) is 15.5 Å². The van der Waals surface area contributed by atoms with Crippen molar-refractivity contribution in [3.05, 3.63) is 30.1 Å². The molecule has 0 spiro atoms. The highest BCUT2D eigenvalue weighted by atomic mass is 19.1. The zero-order valence-corrected chi connectivity index (χ0v) is 17.0. The molecular weight excluding hydrogens is 385 g/mol. The van der Waals surface area contributed by atoms with Gasteiger partial charge in [0, 0.05) is 23.3 Å². The highest BCUT2D eigenvalue weighted by Gasteiger charge is 2.51. The number of nitrogens with one attached hydrogen (secondary N) is 3. The number of amides is 3. The molecule has 2 aliphatic carbocycles. The van der Waals surface area contributed by atoms with Crippen LogP contribution < -0.4 is 16.0 Å². The smallest absolute Gasteiger partial charge is 0.319 e. The lowest BCUT2D eigenvalue weighted by molar-refractivity contribution is -0.130. The number of hydrogen-bond acceptors (Lipinski definition) is 4. The van der Waals surface area contributed by atoms with Crippen LogP contribution >= 0.6 is 0 Å². The molecule has 1 saturated heterocycles. The predicted octanol–water partition coefficient (Wildman–Crippen LogP) is 2.90. The number of carbonyl (C=O) groups is 2. The molecular formula is C22H28FN5O2. The van der Waals surface area contributed by atoms with Crippen LogP contribution in [-0.4, -0.2) is 47.0 Å². The van der Waals surface area contributed by atoms with Crippen LogP contribution in [-0.2, 0) is 4.79 Å². The summed E-state index contributed by atoms with van der Waals surface area (Å²) in [5.41, 5.74) is 0.104. The first-order valence-electron chi connectivity index (χ1n) is 10.7. The Bertz CT molecular complexity index is 854. The standard InChI is InChI=1S/C22H28FN5O2/c23-16-4-6-17(7-5-16)26-20(30)27-22-9-2-8-21(15-22,10-11-22)25-14-19(29)28-12-1-3-18(28)13-24/h4-7,18,25H,1-3,8-12,14-15H2,(H2,26,27,30). The summed E-state index contributed by atoms with van der Waals surface area (Å²) in [4.78, 5) is 26.8. The molecule has 1 heterocycles. The summed E-state index contributed by atoms with van der Waals surface area (Å²) in [6.07, 6.45) is 7.03. The Kier molecular flexibility index (Phi) is 5.65. The molecule has 3 unspecified atom stereocenters. The lowest BCUT2D eigenvalue weighted by atomic mass is 9.78. The Morgan fingerprint density at radius 1 is 1.13 bits per heavy atom. The van der Waals surface area contributed by atoms with Gasteiger partial charge >= 0.3 is 6.03 Å². The molecule has 1 aromatic carbocycles. The van der Waals surface area contributed by atoms with Gasteiger partial charge in [0.1, 0.15) is 11.9 Å². The molecule has 3 atom stereocenters. The van der Waals surface area contributed by atoms with Crippen LogP contribution in [0.4, 0.5) is 14.9 Å². The third-order valence-electron chi connectivity index (χ3n) is 6.89. The van der Waals surface area contributed by atoms with Crippen LogP contribution in [0.15, 0.2) is 24.3 Å². The van der Waals surface area contributed by atoms with E-state index < -0.39 is 0 Å². The Labute approximate surface area is 176 Å². The lowest BCUT2D eigenvalue weighted by Crippen LogP contribution is -2.56. The number of rotatable bonds is 5. The van der Waals surface area contributed by atoms with Gasteiger partial charge in [-0.15, -0.1) is 0 Å². The molecule has 0 aromatic heterocycles. The third kappa shape index (κ3) is 4.26. The topological polar surface area (TPSA) is 97.3 Å². The van der Waals surface area contributed by atoms with E-state index in [4.69, 9.17) is 0 Å². The first-order valence-corrected chi connectivity index (χ1v) is 10.7. The molecule has 3 N–H and O–H groups in total. The van der Waals surface area contributed by atoms with Gasteiger partial charge in [-0.2, -0.15) is 5.26 Å². The molecule has 4 rings (SSSR count). The second kappa shape index (κ2) is 8.23. The number of nitrogens with zero attached hydrogens (tertiary/aromatic N) is 2. The average Bonchev–Trinajstić information content (AvgIpc) is 3.30. The quantitative estimate of drug-likeness (QED) is 0.691. The van der Waals surface area contributed by atoms with Crippen LogP contribution in [0.2, 0.25) is 0 Å². The summed E-state index contributed by atoms with van der Waals surface area (Å²) in [5.74, 6) is -0.360. The van der Waals surface area contributed by atoms with E-state index in [1.165, 1.54) is 24.3 Å². The number of hydrogen-bond donors (Lipinski definition) is 3. The fourth-order valence-electron chi connectivity index (χ4n) is 5.40. The van der Waals surface area contributed by atoms with E-state index in [0.717, 1.165) is 51.4 Å². The van der Waals surface area contributed by atoms with E-state index in [1.807, 2.05) is 0 Å². The van der Waals surface area contributed by atoms with Crippen molar-refractivity contribution in [1.29, 1.82) is 5.26 Å². The first-order chi connectivity index (χ1) is 14.4. The summed E-state index contributed by atoms with van der Waals surface area (Å²) in [6.45, 7) is 0.886. The highest BCUT2D eigenvalue weighted by Crippen LogP contribution is 2.48. The van der Waals surface area contributed by atoms with Gasteiger partial charge in [0.25, 0.3) is 0 Å². The molecule has 2 bridgehead atoms. The summed E-state index contributed by atoms with van der Waals surface area (Å²) in [7, 11) is 0. The van der Waals surface area contributed by atoms with Crippen LogP contribution in [0, 0.1) is 17.1 Å². The maximum absolute atomic E-state index is 13.1. The third-order valence-corrected chi connectivity index (χ3v) is 6.89. The van der Waals surface area contributed by atoms with Crippen molar-refractivity contribution in [2.75, 3.05) is 18.4 Å². The molecule has 160 valence electrons. The van der Waals surface area contributed by atoms with E-state index in [0.29, 0.717) is 12.2 Å². The van der Waals surface area contributed by atoms with Crippen molar-refractivity contribution in [3.8, 4) is 6.07 Å². The largest absolute Gasteiger partial charge is 0.332 e. The molecule has 1 aromatic rings. The Hall–Kier alpha value is -2.66. The number of likely N-dealkylation sites (tertiary alicyclic amines) is 1. The zero-order chi connectivity index (χ0) is 21.2. The van der Waals surface area contributed by atoms with Crippen LogP contribution in [0.1, 0.15) is 51.4 Å². The monoisotopic (exact) mass is 413 g/mol. The Morgan fingerprint density at radius 2 is 1.87 bits per heavy atom. The minimum Gasteiger partial charge on any atom is -0.332 e. The second-order valence-electron chi connectivity index (χ2n) is 8.90. The second-order valence-corrected chi connectivity index (χ2v) is 8.90. The summed E-state index contributed by atoms with van der Waals surface area (Å²) in [6, 6.07) is 7.32. The van der Waals surface area contributed by atoms with E-state index in [2.05, 4.69) is 22.0 Å². The van der Waals surface area contributed by atoms with Gasteiger partial charge in [-0.25, -0.2) is 9.18 Å². The molecule has 3 aliphatic rings. The van der Waals surface area contributed by atoms with Crippen LogP contribution in [0.3, 0.4) is 0 Å². The minimum atomic E-state index is -0.344. The number of urea groups is 1. The lowest BCUT2D eigenvalue weighted by Gasteiger charge is -2.40. The van der Waals surface area contributed by atoms with Gasteiger partial charge in [-0.1, -0.05) is 0 Å². The van der Waals surface area contributed by atoms with E-state index in [-0.39, 0.29) is 41.4 Å². The van der Waals surface area contributed by atoms with E-state index in [1.54, 1.807) is 4.90 Å². The van der Waals surface area contributed by atoms with Gasteiger partial charge in [-0.05, 0) is 75.6 Å². The minimum absolute atomic E-state index is 0.0153. The van der Waals surface area contributed by atoms with Gasteiger partial charge in [0.2, 0.25) is 5.91 Å². The Balaban J connectivity index is 1.33. The van der Waals surface area contributed by atoms with Crippen molar-refractivity contribution < 1.29 is 14.0 Å². The Morgan fingerprint density at radius 3 is 2.63 bits per heavy atom. The summed E-state index contributed by atoms with van der Waals surface area (Å²) in [5, 5.41) is 18.6. The fraction of sp³-hybridized carbons (Fsp3) is 0.591. The normalized spacial score (nSPS) is 30.0. The van der Waals surface area contributed by atoms with Gasteiger partial charge in [-0.3, -0.25) is 4.79 Å². The van der Waals surface area contributed by atoms with Crippen molar-refractivity contribution in [3.63, 3.8) is 0 Å². The number of carbonyl (C=O) groups excluding carboxylic acids is 2. The van der Waals surface area contributed by atoms with E-state index >= 15 is 0 Å². The summed E-state index contributed by atoms with van der Waals surface area (Å²) >= 11 is 0. The number of halogens is 1. The molecule has 3 amide bonds. The number of nitriles is 1. The molecule has 7 nitrogen and oxygen atoms in total. The maximum Gasteiger partial charge on any atom is 0.319 e. The SMILES string of the molecule is N#CC1CCCN1C(=O)CNC12CCCC(NC(=O)Nc3ccc(F)cc3)(CC1)C2. The van der Waals surface area contributed by atoms with Gasteiger partial charge < -0.3 is 20.9 Å². The fourth-order valence-corrected chi connectivity index (χ4v) is 5.40. The van der Waals surface area contributed by atoms with Crippen molar-refractivity contribution in [2.24, 2.45) is 0 Å². The van der Waals surface area contributed by atoms with Gasteiger partial charge in [0.05, 0.1) is 12.6 Å². The van der Waals surface area contributed by atoms with Crippen LogP contribution in [0.5, 0.6) is 0 Å². The highest BCUT2D eigenvalue weighted by molar-refractivity contribution is 5.89. The maximum atomic E-state index is 13.1. The molecule has 30 heavy (non-hydrogen) atoms. The molecule has 1 aliphatic heterocycles. The molecule has 2 saturated carbocycles. The number of fused-ring (bicyclic) bond motifs is 2. The predicted molar refractivity (Wildman–Crippen MR) is 110 cm³/mol. The van der Waals surface area contributed by atoms with E-state index in [9.17, 15) is 19.2 Å². The zero-order valence-electron chi connectivity index (χ0n) is 17.0. The molecule has 0 radical (unpaired) electrons. The molecule has 3 fully saturated rings. The molecule has 8 heteroatoms. The van der Waals surface area contributed by atoms with Gasteiger partial charge in [0.15, 0.2) is 0 Å². The summed E-state index contributed by atoms with van der Waals surface area (Å²) < 4.78 is 13.1. The van der Waals surface area contributed by atoms with Crippen molar-refractivity contribution in [2.45, 2.75) is 68.5 Å². The van der Waals surface area contributed by atoms with Crippen molar-refractivity contribution >= 4 is 17.6 Å². The number of anilines is 1. The first kappa shape index (κ1) is 20.6. The number of benzene rings is 1.